The van der Waals surface area contributed by atoms with Crippen LogP contribution in [-0.4, -0.2) is 51.7 Å². The van der Waals surface area contributed by atoms with Crippen LogP contribution in [0, 0.1) is 12.7 Å². The van der Waals surface area contributed by atoms with Gasteiger partial charge in [0.05, 0.1) is 18.5 Å². The van der Waals surface area contributed by atoms with Crippen molar-refractivity contribution < 1.29 is 18.7 Å². The maximum Gasteiger partial charge on any atom is 0.294 e. The summed E-state index contributed by atoms with van der Waals surface area (Å²) in [4.78, 5) is 30.9. The lowest BCUT2D eigenvalue weighted by Crippen LogP contribution is -2.38. The van der Waals surface area contributed by atoms with E-state index in [2.05, 4.69) is 15.4 Å². The molecule has 156 valence electrons. The van der Waals surface area contributed by atoms with Crippen LogP contribution in [0.3, 0.4) is 0 Å². The molecular formula is C21H22FN5O3. The first-order valence-electron chi connectivity index (χ1n) is 9.34. The van der Waals surface area contributed by atoms with Crippen molar-refractivity contribution in [1.82, 2.24) is 19.7 Å². The molecule has 1 N–H and O–H groups in total. The molecule has 0 bridgehead atoms. The molecule has 3 aromatic rings. The van der Waals surface area contributed by atoms with E-state index >= 15 is 0 Å². The van der Waals surface area contributed by atoms with Gasteiger partial charge >= 0.3 is 0 Å². The summed E-state index contributed by atoms with van der Waals surface area (Å²) in [6.07, 6.45) is 0. The molecule has 1 aromatic heterocycles. The van der Waals surface area contributed by atoms with Crippen LogP contribution in [0.4, 0.5) is 10.1 Å². The SMILES string of the molecule is CCN(CC(=O)Nc1ccccc1OC)C(=O)c1nc(C)n(-c2ccc(F)cc2)n1. The molecule has 1 heterocycles. The lowest BCUT2D eigenvalue weighted by Gasteiger charge is -2.19. The summed E-state index contributed by atoms with van der Waals surface area (Å²) < 4.78 is 19.8. The summed E-state index contributed by atoms with van der Waals surface area (Å²) in [5, 5.41) is 6.98. The molecule has 0 aliphatic carbocycles. The molecule has 9 heteroatoms. The third-order valence-corrected chi connectivity index (χ3v) is 4.42. The van der Waals surface area contributed by atoms with Gasteiger partial charge in [-0.05, 0) is 50.2 Å². The lowest BCUT2D eigenvalue weighted by atomic mass is 10.3. The number of anilines is 1. The fourth-order valence-corrected chi connectivity index (χ4v) is 2.89. The van der Waals surface area contributed by atoms with Gasteiger partial charge in [-0.1, -0.05) is 12.1 Å². The van der Waals surface area contributed by atoms with Crippen LogP contribution in [0.1, 0.15) is 23.4 Å². The number of benzene rings is 2. The molecule has 0 radical (unpaired) electrons. The first-order valence-corrected chi connectivity index (χ1v) is 9.34. The predicted octanol–water partition coefficient (Wildman–Crippen LogP) is 2.82. The van der Waals surface area contributed by atoms with Gasteiger partial charge in [0.15, 0.2) is 0 Å². The van der Waals surface area contributed by atoms with Crippen molar-refractivity contribution in [3.8, 4) is 11.4 Å². The summed E-state index contributed by atoms with van der Waals surface area (Å²) in [5.74, 6) is -0.258. The zero-order valence-electron chi connectivity index (χ0n) is 16.9. The van der Waals surface area contributed by atoms with Gasteiger partial charge in [0, 0.05) is 6.54 Å². The van der Waals surface area contributed by atoms with Crippen molar-refractivity contribution in [3.05, 3.63) is 66.0 Å². The van der Waals surface area contributed by atoms with E-state index in [1.54, 1.807) is 50.2 Å². The molecule has 0 fully saturated rings. The second kappa shape index (κ2) is 9.17. The fourth-order valence-electron chi connectivity index (χ4n) is 2.89. The summed E-state index contributed by atoms with van der Waals surface area (Å²) in [6.45, 7) is 3.58. The Morgan fingerprint density at radius 1 is 1.17 bits per heavy atom. The number of nitrogens with one attached hydrogen (secondary N) is 1. The third kappa shape index (κ3) is 4.62. The van der Waals surface area contributed by atoms with E-state index in [1.165, 1.54) is 28.8 Å². The Hall–Kier alpha value is -3.75. The Bertz CT molecular complexity index is 1050. The molecule has 0 aliphatic heterocycles. The molecule has 0 atom stereocenters. The standard InChI is InChI=1S/C21H22FN5O3/c1-4-26(13-19(28)24-17-7-5-6-8-18(17)30-3)21(29)20-23-14(2)27(25-20)16-11-9-15(22)10-12-16/h5-12H,4,13H2,1-3H3,(H,24,28). The molecule has 0 saturated carbocycles. The van der Waals surface area contributed by atoms with Crippen LogP contribution in [0.25, 0.3) is 5.69 Å². The fraction of sp³-hybridized carbons (Fsp3) is 0.238. The van der Waals surface area contributed by atoms with Gasteiger partial charge in [0.25, 0.3) is 5.91 Å². The van der Waals surface area contributed by atoms with Crippen molar-refractivity contribution in [3.63, 3.8) is 0 Å². The maximum absolute atomic E-state index is 13.2. The third-order valence-electron chi connectivity index (χ3n) is 4.42. The van der Waals surface area contributed by atoms with Gasteiger partial charge in [-0.25, -0.2) is 14.1 Å². The number of amides is 2. The summed E-state index contributed by atoms with van der Waals surface area (Å²) in [6, 6.07) is 12.7. The van der Waals surface area contributed by atoms with Gasteiger partial charge in [0.1, 0.15) is 23.9 Å². The Morgan fingerprint density at radius 2 is 1.87 bits per heavy atom. The number of likely N-dealkylation sites (N-methyl/N-ethyl adjacent to an activating group) is 1. The van der Waals surface area contributed by atoms with Gasteiger partial charge in [-0.2, -0.15) is 0 Å². The Kier molecular flexibility index (Phi) is 6.41. The number of methoxy groups -OCH3 is 1. The number of aryl methyl sites for hydroxylation is 1. The van der Waals surface area contributed by atoms with E-state index in [-0.39, 0.29) is 24.1 Å². The van der Waals surface area contributed by atoms with Crippen molar-refractivity contribution >= 4 is 17.5 Å². The number of rotatable bonds is 7. The highest BCUT2D eigenvalue weighted by Gasteiger charge is 2.23. The van der Waals surface area contributed by atoms with Crippen molar-refractivity contribution in [1.29, 1.82) is 0 Å². The van der Waals surface area contributed by atoms with E-state index in [0.717, 1.165) is 0 Å². The van der Waals surface area contributed by atoms with Gasteiger partial charge in [0.2, 0.25) is 11.7 Å². The highest BCUT2D eigenvalue weighted by Crippen LogP contribution is 2.23. The van der Waals surface area contributed by atoms with Crippen LogP contribution in [0.2, 0.25) is 0 Å². The number of nitrogens with zero attached hydrogens (tertiary/aromatic N) is 4. The number of carbonyl (C=O) groups is 2. The molecule has 2 aromatic carbocycles. The first-order chi connectivity index (χ1) is 14.4. The number of carbonyl (C=O) groups excluding carboxylic acids is 2. The molecule has 30 heavy (non-hydrogen) atoms. The minimum atomic E-state index is -0.475. The Labute approximate surface area is 173 Å². The van der Waals surface area contributed by atoms with Crippen LogP contribution in [0.5, 0.6) is 5.75 Å². The highest BCUT2D eigenvalue weighted by molar-refractivity contribution is 5.98. The van der Waals surface area contributed by atoms with Gasteiger partial charge in [-0.15, -0.1) is 5.10 Å². The number of aromatic nitrogens is 3. The number of ether oxygens (including phenoxy) is 1. The van der Waals surface area contributed by atoms with Gasteiger partial charge < -0.3 is 15.0 Å². The van der Waals surface area contributed by atoms with Crippen molar-refractivity contribution in [2.24, 2.45) is 0 Å². The normalized spacial score (nSPS) is 10.5. The molecule has 2 amide bonds. The lowest BCUT2D eigenvalue weighted by molar-refractivity contribution is -0.116. The topological polar surface area (TPSA) is 89.4 Å². The Balaban J connectivity index is 1.74. The van der Waals surface area contributed by atoms with Crippen molar-refractivity contribution in [2.45, 2.75) is 13.8 Å². The molecule has 0 unspecified atom stereocenters. The molecular weight excluding hydrogens is 389 g/mol. The number of para-hydroxylation sites is 2. The van der Waals surface area contributed by atoms with E-state index in [4.69, 9.17) is 4.74 Å². The van der Waals surface area contributed by atoms with Crippen LogP contribution >= 0.6 is 0 Å². The molecule has 0 saturated heterocycles. The van der Waals surface area contributed by atoms with Gasteiger partial charge in [-0.3, -0.25) is 9.59 Å². The number of hydrogen-bond donors (Lipinski definition) is 1. The van der Waals surface area contributed by atoms with E-state index in [9.17, 15) is 14.0 Å². The molecule has 0 spiro atoms. The summed E-state index contributed by atoms with van der Waals surface area (Å²) in [7, 11) is 1.51. The van der Waals surface area contributed by atoms with E-state index < -0.39 is 5.91 Å². The largest absolute Gasteiger partial charge is 0.495 e. The quantitative estimate of drug-likeness (QED) is 0.646. The average molecular weight is 411 g/mol. The minimum absolute atomic E-state index is 0.0382. The summed E-state index contributed by atoms with van der Waals surface area (Å²) >= 11 is 0. The highest BCUT2D eigenvalue weighted by atomic mass is 19.1. The van der Waals surface area contributed by atoms with Crippen molar-refractivity contribution in [2.75, 3.05) is 25.5 Å². The maximum atomic E-state index is 13.2. The van der Waals surface area contributed by atoms with Crippen LogP contribution < -0.4 is 10.1 Å². The predicted molar refractivity (Wildman–Crippen MR) is 109 cm³/mol. The second-order valence-electron chi connectivity index (χ2n) is 6.44. The number of halogens is 1. The Morgan fingerprint density at radius 3 is 2.53 bits per heavy atom. The molecule has 8 nitrogen and oxygen atoms in total. The van der Waals surface area contributed by atoms with Crippen LogP contribution in [0.15, 0.2) is 48.5 Å². The minimum Gasteiger partial charge on any atom is -0.495 e. The van der Waals surface area contributed by atoms with E-state index in [1.807, 2.05) is 0 Å². The molecule has 0 aliphatic rings. The zero-order chi connectivity index (χ0) is 21.7. The monoisotopic (exact) mass is 411 g/mol. The summed E-state index contributed by atoms with van der Waals surface area (Å²) in [5.41, 5.74) is 1.10. The first kappa shape index (κ1) is 21.0. The number of hydrogen-bond acceptors (Lipinski definition) is 5. The average Bonchev–Trinajstić information content (AvgIpc) is 3.14. The second-order valence-corrected chi connectivity index (χ2v) is 6.44. The zero-order valence-corrected chi connectivity index (χ0v) is 16.9. The molecule has 3 rings (SSSR count). The smallest absolute Gasteiger partial charge is 0.294 e. The van der Waals surface area contributed by atoms with E-state index in [0.29, 0.717) is 29.5 Å². The van der Waals surface area contributed by atoms with Crippen LogP contribution in [-0.2, 0) is 4.79 Å².